The summed E-state index contributed by atoms with van der Waals surface area (Å²) in [7, 11) is -3.65. The normalized spacial score (nSPS) is 12.8. The summed E-state index contributed by atoms with van der Waals surface area (Å²) in [4.78, 5) is 14.4. The molecule has 2 aromatic carbocycles. The molecule has 2 rings (SSSR count). The molecule has 0 radical (unpaired) electrons. The van der Waals surface area contributed by atoms with Crippen molar-refractivity contribution < 1.29 is 13.2 Å². The number of hydrogen-bond donors (Lipinski definition) is 2. The number of benzene rings is 2. The summed E-state index contributed by atoms with van der Waals surface area (Å²) >= 11 is 0. The first-order valence-corrected chi connectivity index (χ1v) is 10.3. The van der Waals surface area contributed by atoms with Crippen LogP contribution in [0.3, 0.4) is 0 Å². The Morgan fingerprint density at radius 1 is 0.923 bits per heavy atom. The number of rotatable bonds is 8. The SMILES string of the molecule is CC(C)Cc1ccc(C(C)C(=O)NNS(=O)(=O)Cc2ccccc2)cc1. The molecule has 1 atom stereocenters. The van der Waals surface area contributed by atoms with Gasteiger partial charge in [0.25, 0.3) is 0 Å². The molecule has 26 heavy (non-hydrogen) atoms. The van der Waals surface area contributed by atoms with Crippen molar-refractivity contribution in [2.45, 2.75) is 38.9 Å². The van der Waals surface area contributed by atoms with Crippen LogP contribution in [-0.2, 0) is 27.0 Å². The molecule has 6 heteroatoms. The molecule has 1 amide bonds. The second-order valence-electron chi connectivity index (χ2n) is 6.90. The molecule has 0 saturated carbocycles. The minimum absolute atomic E-state index is 0.188. The average Bonchev–Trinajstić information content (AvgIpc) is 2.60. The summed E-state index contributed by atoms with van der Waals surface area (Å²) in [5, 5.41) is 0. The van der Waals surface area contributed by atoms with E-state index in [0.29, 0.717) is 11.5 Å². The van der Waals surface area contributed by atoms with E-state index in [1.54, 1.807) is 31.2 Å². The van der Waals surface area contributed by atoms with Crippen molar-refractivity contribution in [3.05, 3.63) is 71.3 Å². The highest BCUT2D eigenvalue weighted by atomic mass is 32.2. The van der Waals surface area contributed by atoms with Crippen LogP contribution in [0, 0.1) is 5.92 Å². The van der Waals surface area contributed by atoms with Crippen molar-refractivity contribution in [1.82, 2.24) is 10.3 Å². The van der Waals surface area contributed by atoms with E-state index in [-0.39, 0.29) is 5.75 Å². The fourth-order valence-corrected chi connectivity index (χ4v) is 3.59. The van der Waals surface area contributed by atoms with Crippen molar-refractivity contribution in [3.63, 3.8) is 0 Å². The lowest BCUT2D eigenvalue weighted by atomic mass is 9.96. The van der Waals surface area contributed by atoms with Crippen molar-refractivity contribution >= 4 is 15.9 Å². The number of carbonyl (C=O) groups is 1. The molecule has 0 aliphatic rings. The predicted molar refractivity (Wildman–Crippen MR) is 104 cm³/mol. The molecule has 0 aromatic heterocycles. The van der Waals surface area contributed by atoms with Gasteiger partial charge in [0.15, 0.2) is 0 Å². The van der Waals surface area contributed by atoms with Gasteiger partial charge in [-0.25, -0.2) is 8.42 Å². The Labute approximate surface area is 155 Å². The maximum atomic E-state index is 12.3. The molecule has 5 nitrogen and oxygen atoms in total. The van der Waals surface area contributed by atoms with Crippen LogP contribution >= 0.6 is 0 Å². The Bertz CT molecular complexity index is 816. The smallest absolute Gasteiger partial charge is 0.242 e. The van der Waals surface area contributed by atoms with Gasteiger partial charge in [-0.05, 0) is 36.0 Å². The second-order valence-corrected chi connectivity index (χ2v) is 8.62. The van der Waals surface area contributed by atoms with Gasteiger partial charge in [-0.15, -0.1) is 4.83 Å². The monoisotopic (exact) mass is 374 g/mol. The fourth-order valence-electron chi connectivity index (χ4n) is 2.63. The fraction of sp³-hybridized carbons (Fsp3) is 0.350. The maximum absolute atomic E-state index is 12.3. The molecule has 0 fully saturated rings. The zero-order valence-electron chi connectivity index (χ0n) is 15.4. The zero-order valence-corrected chi connectivity index (χ0v) is 16.2. The quantitative estimate of drug-likeness (QED) is 0.697. The third-order valence-corrected chi connectivity index (χ3v) is 5.17. The number of hydrazine groups is 1. The van der Waals surface area contributed by atoms with Gasteiger partial charge < -0.3 is 0 Å². The summed E-state index contributed by atoms with van der Waals surface area (Å²) in [5.41, 5.74) is 5.03. The topological polar surface area (TPSA) is 75.3 Å². The Morgan fingerprint density at radius 2 is 1.54 bits per heavy atom. The number of hydrogen-bond acceptors (Lipinski definition) is 3. The Hall–Kier alpha value is -2.18. The van der Waals surface area contributed by atoms with Gasteiger partial charge in [0.05, 0.1) is 11.7 Å². The summed E-state index contributed by atoms with van der Waals surface area (Å²) in [6, 6.07) is 16.7. The highest BCUT2D eigenvalue weighted by Gasteiger charge is 2.18. The van der Waals surface area contributed by atoms with E-state index >= 15 is 0 Å². The van der Waals surface area contributed by atoms with Gasteiger partial charge in [0.2, 0.25) is 15.9 Å². The lowest BCUT2D eigenvalue weighted by Gasteiger charge is -2.14. The Morgan fingerprint density at radius 3 is 2.12 bits per heavy atom. The van der Waals surface area contributed by atoms with Crippen LogP contribution in [0.4, 0.5) is 0 Å². The average molecular weight is 375 g/mol. The molecule has 2 N–H and O–H groups in total. The van der Waals surface area contributed by atoms with E-state index in [1.807, 2.05) is 30.3 Å². The summed E-state index contributed by atoms with van der Waals surface area (Å²) < 4.78 is 24.2. The number of amides is 1. The van der Waals surface area contributed by atoms with Crippen LogP contribution < -0.4 is 10.3 Å². The molecular formula is C20H26N2O3S. The van der Waals surface area contributed by atoms with E-state index in [1.165, 1.54) is 5.56 Å². The standard InChI is InChI=1S/C20H26N2O3S/c1-15(2)13-17-9-11-19(12-10-17)16(3)20(23)21-22-26(24,25)14-18-7-5-4-6-8-18/h4-12,15-16,22H,13-14H2,1-3H3,(H,21,23). The van der Waals surface area contributed by atoms with Crippen LogP contribution in [-0.4, -0.2) is 14.3 Å². The van der Waals surface area contributed by atoms with Gasteiger partial charge in [-0.2, -0.15) is 0 Å². The van der Waals surface area contributed by atoms with Gasteiger partial charge in [0, 0.05) is 0 Å². The molecule has 0 spiro atoms. The van der Waals surface area contributed by atoms with Crippen molar-refractivity contribution in [3.8, 4) is 0 Å². The zero-order chi connectivity index (χ0) is 19.2. The highest BCUT2D eigenvalue weighted by molar-refractivity contribution is 7.88. The highest BCUT2D eigenvalue weighted by Crippen LogP contribution is 2.17. The van der Waals surface area contributed by atoms with Crippen molar-refractivity contribution in [1.29, 1.82) is 0 Å². The molecular weight excluding hydrogens is 348 g/mol. The van der Waals surface area contributed by atoms with Gasteiger partial charge in [-0.3, -0.25) is 10.2 Å². The van der Waals surface area contributed by atoms with Crippen LogP contribution in [0.1, 0.15) is 43.4 Å². The summed E-state index contributed by atoms with van der Waals surface area (Å²) in [6.45, 7) is 6.06. The number of sulfonamides is 1. The van der Waals surface area contributed by atoms with Crippen LogP contribution in [0.15, 0.2) is 54.6 Å². The van der Waals surface area contributed by atoms with Gasteiger partial charge in [0.1, 0.15) is 0 Å². The molecule has 0 heterocycles. The Kier molecular flexibility index (Phi) is 6.94. The lowest BCUT2D eigenvalue weighted by molar-refractivity contribution is -0.122. The van der Waals surface area contributed by atoms with Gasteiger partial charge in [-0.1, -0.05) is 68.4 Å². The molecule has 1 unspecified atom stereocenters. The predicted octanol–water partition coefficient (Wildman–Crippen LogP) is 3.14. The van der Waals surface area contributed by atoms with Crippen LogP contribution in [0.25, 0.3) is 0 Å². The van der Waals surface area contributed by atoms with E-state index < -0.39 is 21.8 Å². The first kappa shape index (κ1) is 20.1. The van der Waals surface area contributed by atoms with Crippen molar-refractivity contribution in [2.75, 3.05) is 0 Å². The third kappa shape index (κ3) is 6.28. The van der Waals surface area contributed by atoms with E-state index in [2.05, 4.69) is 24.1 Å². The maximum Gasteiger partial charge on any atom is 0.242 e. The minimum atomic E-state index is -3.65. The molecule has 0 aliphatic heterocycles. The molecule has 0 saturated heterocycles. The first-order valence-electron chi connectivity index (χ1n) is 8.69. The summed E-state index contributed by atoms with van der Waals surface area (Å²) in [5.74, 6) is -0.465. The van der Waals surface area contributed by atoms with E-state index in [0.717, 1.165) is 12.0 Å². The summed E-state index contributed by atoms with van der Waals surface area (Å²) in [6.07, 6.45) is 0.986. The molecule has 2 aromatic rings. The molecule has 0 bridgehead atoms. The lowest BCUT2D eigenvalue weighted by Crippen LogP contribution is -2.43. The first-order chi connectivity index (χ1) is 12.3. The van der Waals surface area contributed by atoms with E-state index in [4.69, 9.17) is 0 Å². The van der Waals surface area contributed by atoms with Gasteiger partial charge >= 0.3 is 0 Å². The Balaban J connectivity index is 1.92. The molecule has 140 valence electrons. The van der Waals surface area contributed by atoms with Crippen LogP contribution in [0.2, 0.25) is 0 Å². The van der Waals surface area contributed by atoms with Crippen LogP contribution in [0.5, 0.6) is 0 Å². The largest absolute Gasteiger partial charge is 0.277 e. The minimum Gasteiger partial charge on any atom is -0.277 e. The second kappa shape index (κ2) is 8.96. The van der Waals surface area contributed by atoms with Crippen molar-refractivity contribution in [2.24, 2.45) is 5.92 Å². The number of carbonyl (C=O) groups excluding carboxylic acids is 1. The molecule has 0 aliphatic carbocycles. The third-order valence-electron chi connectivity index (χ3n) is 4.05. The number of nitrogens with one attached hydrogen (secondary N) is 2. The van der Waals surface area contributed by atoms with E-state index in [9.17, 15) is 13.2 Å².